The molecule has 3 atom stereocenters. The van der Waals surface area contributed by atoms with E-state index in [0.29, 0.717) is 5.92 Å². The Morgan fingerprint density at radius 3 is 2.27 bits per heavy atom. The summed E-state index contributed by atoms with van der Waals surface area (Å²) in [5.41, 5.74) is 6.79. The van der Waals surface area contributed by atoms with Crippen LogP contribution in [0.15, 0.2) is 24.3 Å². The van der Waals surface area contributed by atoms with Crippen molar-refractivity contribution in [3.05, 3.63) is 35.6 Å². The van der Waals surface area contributed by atoms with Gasteiger partial charge < -0.3 is 11.1 Å². The summed E-state index contributed by atoms with van der Waals surface area (Å²) in [6.07, 6.45) is 4.60. The number of rotatable bonds is 5. The Labute approximate surface area is 138 Å². The number of benzene rings is 1. The minimum atomic E-state index is -0.251. The molecule has 3 N–H and O–H groups in total. The van der Waals surface area contributed by atoms with E-state index in [1.54, 1.807) is 12.1 Å². The third kappa shape index (κ3) is 4.68. The van der Waals surface area contributed by atoms with Crippen molar-refractivity contribution in [2.45, 2.75) is 51.6 Å². The largest absolute Gasteiger partial charge is 0.349 e. The lowest BCUT2D eigenvalue weighted by Crippen LogP contribution is -2.41. The van der Waals surface area contributed by atoms with Crippen LogP contribution < -0.4 is 11.1 Å². The highest BCUT2D eigenvalue weighted by Crippen LogP contribution is 2.36. The first-order valence-electron chi connectivity index (χ1n) is 7.80. The molecule has 0 heterocycles. The summed E-state index contributed by atoms with van der Waals surface area (Å²) >= 11 is 0. The predicted molar refractivity (Wildman–Crippen MR) is 89.3 cm³/mol. The maximum Gasteiger partial charge on any atom is 0.224 e. The van der Waals surface area contributed by atoms with Crippen LogP contribution in [0.5, 0.6) is 0 Å². The molecule has 3 unspecified atom stereocenters. The van der Waals surface area contributed by atoms with E-state index in [0.717, 1.165) is 18.4 Å². The fraction of sp³-hybridized carbons (Fsp3) is 0.588. The Morgan fingerprint density at radius 1 is 1.23 bits per heavy atom. The highest BCUT2D eigenvalue weighted by atomic mass is 35.5. The fourth-order valence-electron chi connectivity index (χ4n) is 2.96. The second-order valence-corrected chi connectivity index (χ2v) is 6.23. The maximum absolute atomic E-state index is 13.1. The maximum atomic E-state index is 13.1. The Balaban J connectivity index is 0.00000242. The van der Waals surface area contributed by atoms with Crippen molar-refractivity contribution in [2.24, 2.45) is 17.6 Å². The SMILES string of the molecule is CC(N)C(C)C(=O)NC(c1ccc(F)cc1)C1CCCC1.Cl. The lowest BCUT2D eigenvalue weighted by atomic mass is 9.90. The Morgan fingerprint density at radius 2 is 1.77 bits per heavy atom. The zero-order chi connectivity index (χ0) is 15.4. The molecule has 0 aromatic heterocycles. The molecule has 124 valence electrons. The van der Waals surface area contributed by atoms with Gasteiger partial charge in [-0.2, -0.15) is 0 Å². The van der Waals surface area contributed by atoms with Crippen LogP contribution in [0.4, 0.5) is 4.39 Å². The van der Waals surface area contributed by atoms with E-state index in [1.165, 1.54) is 25.0 Å². The molecule has 0 spiro atoms. The van der Waals surface area contributed by atoms with Crippen LogP contribution in [-0.2, 0) is 4.79 Å². The van der Waals surface area contributed by atoms with Crippen LogP contribution >= 0.6 is 12.4 Å². The van der Waals surface area contributed by atoms with Gasteiger partial charge in [0, 0.05) is 12.0 Å². The Hall–Kier alpha value is -1.13. The number of nitrogens with two attached hydrogens (primary N) is 1. The summed E-state index contributed by atoms with van der Waals surface area (Å²) in [5, 5.41) is 3.13. The molecule has 0 aliphatic heterocycles. The fourth-order valence-corrected chi connectivity index (χ4v) is 2.96. The average molecular weight is 329 g/mol. The van der Waals surface area contributed by atoms with Gasteiger partial charge in [0.1, 0.15) is 5.82 Å². The normalized spacial score (nSPS) is 19.1. The molecule has 1 aliphatic rings. The van der Waals surface area contributed by atoms with E-state index in [9.17, 15) is 9.18 Å². The smallest absolute Gasteiger partial charge is 0.224 e. The minimum Gasteiger partial charge on any atom is -0.349 e. The molecule has 0 bridgehead atoms. The van der Waals surface area contributed by atoms with Crippen molar-refractivity contribution >= 4 is 18.3 Å². The van der Waals surface area contributed by atoms with E-state index in [1.807, 2.05) is 13.8 Å². The number of carbonyl (C=O) groups is 1. The summed E-state index contributed by atoms with van der Waals surface area (Å²) in [6.45, 7) is 3.68. The average Bonchev–Trinajstić information content (AvgIpc) is 2.98. The summed E-state index contributed by atoms with van der Waals surface area (Å²) < 4.78 is 13.1. The molecule has 0 radical (unpaired) electrons. The zero-order valence-corrected chi connectivity index (χ0v) is 14.0. The predicted octanol–water partition coefficient (Wildman–Crippen LogP) is 3.58. The minimum absolute atomic E-state index is 0. The molecule has 5 heteroatoms. The summed E-state index contributed by atoms with van der Waals surface area (Å²) in [5.74, 6) is -0.0699. The van der Waals surface area contributed by atoms with Crippen molar-refractivity contribution in [2.75, 3.05) is 0 Å². The monoisotopic (exact) mass is 328 g/mol. The summed E-state index contributed by atoms with van der Waals surface area (Å²) in [6, 6.07) is 6.24. The van der Waals surface area contributed by atoms with Gasteiger partial charge in [0.15, 0.2) is 0 Å². The molecule has 0 saturated heterocycles. The van der Waals surface area contributed by atoms with Crippen molar-refractivity contribution < 1.29 is 9.18 Å². The molecular weight excluding hydrogens is 303 g/mol. The molecule has 1 aromatic carbocycles. The molecule has 1 aromatic rings. The summed E-state index contributed by atoms with van der Waals surface area (Å²) in [7, 11) is 0. The van der Waals surface area contributed by atoms with E-state index < -0.39 is 0 Å². The number of hydrogen-bond acceptors (Lipinski definition) is 2. The molecular formula is C17H26ClFN2O. The van der Waals surface area contributed by atoms with Gasteiger partial charge in [-0.05, 0) is 43.4 Å². The molecule has 2 rings (SSSR count). The molecule has 3 nitrogen and oxygen atoms in total. The van der Waals surface area contributed by atoms with Crippen LogP contribution in [-0.4, -0.2) is 11.9 Å². The van der Waals surface area contributed by atoms with Crippen LogP contribution in [0, 0.1) is 17.7 Å². The van der Waals surface area contributed by atoms with E-state index in [-0.39, 0.29) is 42.1 Å². The van der Waals surface area contributed by atoms with Gasteiger partial charge in [-0.15, -0.1) is 12.4 Å². The topological polar surface area (TPSA) is 55.1 Å². The first-order valence-corrected chi connectivity index (χ1v) is 7.80. The van der Waals surface area contributed by atoms with Gasteiger partial charge >= 0.3 is 0 Å². The standard InChI is InChI=1S/C17H25FN2O.ClH/c1-11(12(2)19)17(21)20-16(13-5-3-4-6-13)14-7-9-15(18)10-8-14;/h7-13,16H,3-6,19H2,1-2H3,(H,20,21);1H. The lowest BCUT2D eigenvalue weighted by molar-refractivity contribution is -0.126. The van der Waals surface area contributed by atoms with Crippen LogP contribution in [0.25, 0.3) is 0 Å². The first-order chi connectivity index (χ1) is 9.99. The lowest BCUT2D eigenvalue weighted by Gasteiger charge is -2.27. The second-order valence-electron chi connectivity index (χ2n) is 6.23. The van der Waals surface area contributed by atoms with E-state index in [2.05, 4.69) is 5.32 Å². The highest BCUT2D eigenvalue weighted by molar-refractivity contribution is 5.85. The van der Waals surface area contributed by atoms with Gasteiger partial charge in [-0.25, -0.2) is 4.39 Å². The molecule has 1 aliphatic carbocycles. The van der Waals surface area contributed by atoms with Crippen molar-refractivity contribution in [3.63, 3.8) is 0 Å². The number of amides is 1. The molecule has 1 amide bonds. The van der Waals surface area contributed by atoms with Crippen molar-refractivity contribution in [1.29, 1.82) is 0 Å². The first kappa shape index (κ1) is 18.9. The number of halogens is 2. The summed E-state index contributed by atoms with van der Waals surface area (Å²) in [4.78, 5) is 12.3. The quantitative estimate of drug-likeness (QED) is 0.868. The zero-order valence-electron chi connectivity index (χ0n) is 13.2. The Kier molecular flexibility index (Phi) is 7.30. The van der Waals surface area contributed by atoms with Gasteiger partial charge in [0.2, 0.25) is 5.91 Å². The second kappa shape index (κ2) is 8.49. The van der Waals surface area contributed by atoms with E-state index in [4.69, 9.17) is 5.73 Å². The molecule has 1 fully saturated rings. The Bertz CT molecular complexity index is 472. The van der Waals surface area contributed by atoms with Crippen LogP contribution in [0.1, 0.15) is 51.1 Å². The third-order valence-corrected chi connectivity index (χ3v) is 4.60. The van der Waals surface area contributed by atoms with Gasteiger partial charge in [0.05, 0.1) is 6.04 Å². The van der Waals surface area contributed by atoms with Crippen molar-refractivity contribution in [3.8, 4) is 0 Å². The number of carbonyl (C=O) groups excluding carboxylic acids is 1. The van der Waals surface area contributed by atoms with Gasteiger partial charge in [-0.3, -0.25) is 4.79 Å². The highest BCUT2D eigenvalue weighted by Gasteiger charge is 2.29. The molecule has 22 heavy (non-hydrogen) atoms. The van der Waals surface area contributed by atoms with Gasteiger partial charge in [0.25, 0.3) is 0 Å². The van der Waals surface area contributed by atoms with Crippen molar-refractivity contribution in [1.82, 2.24) is 5.32 Å². The number of nitrogens with one attached hydrogen (secondary N) is 1. The van der Waals surface area contributed by atoms with Gasteiger partial charge in [-0.1, -0.05) is 31.9 Å². The molecule has 1 saturated carbocycles. The third-order valence-electron chi connectivity index (χ3n) is 4.60. The van der Waals surface area contributed by atoms with Crippen LogP contribution in [0.2, 0.25) is 0 Å². The van der Waals surface area contributed by atoms with E-state index >= 15 is 0 Å². The number of hydrogen-bond donors (Lipinski definition) is 2. The van der Waals surface area contributed by atoms with Crippen LogP contribution in [0.3, 0.4) is 0 Å².